The number of imide groups is 1. The largest absolute Gasteiger partial charge is 0.497 e. The fourth-order valence-corrected chi connectivity index (χ4v) is 3.23. The van der Waals surface area contributed by atoms with Gasteiger partial charge in [0.05, 0.1) is 17.7 Å². The molecule has 132 valence electrons. The van der Waals surface area contributed by atoms with Gasteiger partial charge in [-0.05, 0) is 59.8 Å². The number of nitrogens with zero attached hydrogens (tertiary/aromatic N) is 1. The summed E-state index contributed by atoms with van der Waals surface area (Å²) in [5.74, 6) is 1.04. The zero-order chi connectivity index (χ0) is 18.5. The zero-order valence-corrected chi connectivity index (χ0v) is 15.0. The van der Waals surface area contributed by atoms with Gasteiger partial charge in [-0.15, -0.1) is 0 Å². The van der Waals surface area contributed by atoms with Crippen molar-refractivity contribution in [3.8, 4) is 11.5 Å². The molecule has 1 fully saturated rings. The maximum absolute atomic E-state index is 12.6. The highest BCUT2D eigenvalue weighted by Crippen LogP contribution is 2.36. The monoisotopic (exact) mass is 367 g/mol. The van der Waals surface area contributed by atoms with Crippen molar-refractivity contribution in [2.75, 3.05) is 18.6 Å². The summed E-state index contributed by atoms with van der Waals surface area (Å²) in [7, 11) is 1.56. The normalized spacial score (nSPS) is 15.4. The second-order valence-corrected chi connectivity index (χ2v) is 6.38. The number of amides is 2. The molecular weight excluding hydrogens is 350 g/mol. The Morgan fingerprint density at radius 1 is 1.04 bits per heavy atom. The molecule has 0 aliphatic carbocycles. The van der Waals surface area contributed by atoms with E-state index >= 15 is 0 Å². The van der Waals surface area contributed by atoms with E-state index in [1.165, 1.54) is 0 Å². The van der Waals surface area contributed by atoms with E-state index in [-0.39, 0.29) is 11.1 Å². The van der Waals surface area contributed by atoms with E-state index in [0.29, 0.717) is 28.7 Å². The first-order valence-corrected chi connectivity index (χ1v) is 8.70. The van der Waals surface area contributed by atoms with Crippen LogP contribution in [0, 0.1) is 0 Å². The highest BCUT2D eigenvalue weighted by Gasteiger charge is 2.36. The maximum atomic E-state index is 12.6. The van der Waals surface area contributed by atoms with Crippen LogP contribution in [-0.2, 0) is 4.79 Å². The minimum Gasteiger partial charge on any atom is -0.497 e. The lowest BCUT2D eigenvalue weighted by atomic mass is 10.2. The lowest BCUT2D eigenvalue weighted by Gasteiger charge is -2.12. The SMILES string of the molecule is C=CCOc1ccc(/C=C2\SC(=O)N(c3ccc(OC)cc3)C2=O)cc1. The topological polar surface area (TPSA) is 55.8 Å². The van der Waals surface area contributed by atoms with Crippen molar-refractivity contribution in [2.45, 2.75) is 0 Å². The molecule has 2 aromatic rings. The van der Waals surface area contributed by atoms with E-state index in [0.717, 1.165) is 22.2 Å². The minimum absolute atomic E-state index is 0.322. The smallest absolute Gasteiger partial charge is 0.298 e. The van der Waals surface area contributed by atoms with Crippen molar-refractivity contribution in [1.82, 2.24) is 0 Å². The molecule has 2 aromatic carbocycles. The van der Waals surface area contributed by atoms with Gasteiger partial charge in [-0.1, -0.05) is 24.8 Å². The van der Waals surface area contributed by atoms with Crippen molar-refractivity contribution < 1.29 is 19.1 Å². The third-order valence-corrected chi connectivity index (χ3v) is 4.54. The van der Waals surface area contributed by atoms with Crippen LogP contribution >= 0.6 is 11.8 Å². The predicted octanol–water partition coefficient (Wildman–Crippen LogP) is 4.50. The Morgan fingerprint density at radius 3 is 2.31 bits per heavy atom. The Bertz CT molecular complexity index is 856. The fourth-order valence-electron chi connectivity index (χ4n) is 2.39. The summed E-state index contributed by atoms with van der Waals surface area (Å²) in [4.78, 5) is 26.5. The number of ether oxygens (including phenoxy) is 2. The van der Waals surface area contributed by atoms with Gasteiger partial charge in [-0.2, -0.15) is 0 Å². The van der Waals surface area contributed by atoms with Gasteiger partial charge in [0.25, 0.3) is 11.1 Å². The molecule has 1 heterocycles. The molecule has 1 saturated heterocycles. The van der Waals surface area contributed by atoms with Crippen LogP contribution in [0.3, 0.4) is 0 Å². The minimum atomic E-state index is -0.336. The predicted molar refractivity (Wildman–Crippen MR) is 104 cm³/mol. The number of carbonyl (C=O) groups is 2. The molecule has 5 nitrogen and oxygen atoms in total. The van der Waals surface area contributed by atoms with E-state index in [4.69, 9.17) is 9.47 Å². The van der Waals surface area contributed by atoms with Gasteiger partial charge in [-0.25, -0.2) is 4.90 Å². The molecule has 0 unspecified atom stereocenters. The molecule has 0 spiro atoms. The van der Waals surface area contributed by atoms with Crippen molar-refractivity contribution in [3.63, 3.8) is 0 Å². The quantitative estimate of drug-likeness (QED) is 0.556. The molecule has 1 aliphatic heterocycles. The third kappa shape index (κ3) is 3.81. The van der Waals surface area contributed by atoms with E-state index in [1.54, 1.807) is 43.5 Å². The average molecular weight is 367 g/mol. The number of methoxy groups -OCH3 is 1. The van der Waals surface area contributed by atoms with Crippen LogP contribution in [0.15, 0.2) is 66.1 Å². The standard InChI is InChI=1S/C20H17NO4S/c1-3-12-25-17-8-4-14(5-9-17)13-18-19(22)21(20(23)26-18)15-6-10-16(24-2)11-7-15/h3-11,13H,1,12H2,2H3/b18-13-. The molecule has 0 radical (unpaired) electrons. The van der Waals surface area contributed by atoms with Crippen molar-refractivity contribution in [2.24, 2.45) is 0 Å². The Hall–Kier alpha value is -2.99. The summed E-state index contributed by atoms with van der Waals surface area (Å²) >= 11 is 0.922. The highest BCUT2D eigenvalue weighted by molar-refractivity contribution is 8.19. The lowest BCUT2D eigenvalue weighted by Crippen LogP contribution is -2.27. The lowest BCUT2D eigenvalue weighted by molar-refractivity contribution is -0.113. The maximum Gasteiger partial charge on any atom is 0.298 e. The number of hydrogen-bond donors (Lipinski definition) is 0. The summed E-state index contributed by atoms with van der Waals surface area (Å²) in [6.45, 7) is 4.03. The molecule has 0 saturated carbocycles. The summed E-state index contributed by atoms with van der Waals surface area (Å²) < 4.78 is 10.5. The molecule has 0 N–H and O–H groups in total. The number of carbonyl (C=O) groups excluding carboxylic acids is 2. The molecule has 0 aromatic heterocycles. The summed E-state index contributed by atoms with van der Waals surface area (Å²) in [5.41, 5.74) is 1.33. The molecule has 0 bridgehead atoms. The average Bonchev–Trinajstić information content (AvgIpc) is 2.94. The number of hydrogen-bond acceptors (Lipinski definition) is 5. The zero-order valence-electron chi connectivity index (χ0n) is 14.2. The molecule has 26 heavy (non-hydrogen) atoms. The molecule has 1 aliphatic rings. The Kier molecular flexibility index (Phi) is 5.43. The van der Waals surface area contributed by atoms with E-state index in [2.05, 4.69) is 6.58 Å². The Balaban J connectivity index is 1.79. The molecule has 2 amide bonds. The highest BCUT2D eigenvalue weighted by atomic mass is 32.2. The summed E-state index contributed by atoms with van der Waals surface area (Å²) in [6, 6.07) is 14.1. The number of thioether (sulfide) groups is 1. The van der Waals surface area contributed by atoms with Crippen LogP contribution in [0.4, 0.5) is 10.5 Å². The second-order valence-electron chi connectivity index (χ2n) is 5.38. The Morgan fingerprint density at radius 2 is 1.69 bits per heavy atom. The van der Waals surface area contributed by atoms with Crippen LogP contribution in [0.5, 0.6) is 11.5 Å². The number of rotatable bonds is 6. The van der Waals surface area contributed by atoms with Crippen LogP contribution < -0.4 is 14.4 Å². The van der Waals surface area contributed by atoms with Gasteiger partial charge >= 0.3 is 0 Å². The Labute approximate surface area is 155 Å². The number of anilines is 1. The van der Waals surface area contributed by atoms with Crippen LogP contribution in [0.25, 0.3) is 6.08 Å². The van der Waals surface area contributed by atoms with Gasteiger partial charge in [0.2, 0.25) is 0 Å². The summed E-state index contributed by atoms with van der Waals surface area (Å²) in [5, 5.41) is -0.322. The van der Waals surface area contributed by atoms with Gasteiger partial charge in [0.1, 0.15) is 18.1 Å². The van der Waals surface area contributed by atoms with Crippen LogP contribution in [-0.4, -0.2) is 24.9 Å². The number of benzene rings is 2. The van der Waals surface area contributed by atoms with Crippen molar-refractivity contribution >= 4 is 34.7 Å². The first-order chi connectivity index (χ1) is 12.6. The van der Waals surface area contributed by atoms with Gasteiger partial charge in [0.15, 0.2) is 0 Å². The van der Waals surface area contributed by atoms with E-state index in [9.17, 15) is 9.59 Å². The molecule has 6 heteroatoms. The molecule has 0 atom stereocenters. The second kappa shape index (κ2) is 7.93. The molecule has 3 rings (SSSR count). The van der Waals surface area contributed by atoms with Crippen LogP contribution in [0.1, 0.15) is 5.56 Å². The van der Waals surface area contributed by atoms with Gasteiger partial charge in [-0.3, -0.25) is 9.59 Å². The van der Waals surface area contributed by atoms with Crippen molar-refractivity contribution in [3.05, 3.63) is 71.7 Å². The first kappa shape index (κ1) is 17.8. The van der Waals surface area contributed by atoms with Crippen molar-refractivity contribution in [1.29, 1.82) is 0 Å². The third-order valence-electron chi connectivity index (χ3n) is 3.67. The van der Waals surface area contributed by atoms with Crippen LogP contribution in [0.2, 0.25) is 0 Å². The molecular formula is C20H17NO4S. The van der Waals surface area contributed by atoms with Gasteiger partial charge < -0.3 is 9.47 Å². The van der Waals surface area contributed by atoms with E-state index in [1.807, 2.05) is 24.3 Å². The van der Waals surface area contributed by atoms with E-state index < -0.39 is 0 Å². The fraction of sp³-hybridized carbons (Fsp3) is 0.100. The first-order valence-electron chi connectivity index (χ1n) is 7.88. The summed E-state index contributed by atoms with van der Waals surface area (Å²) in [6.07, 6.45) is 3.37. The van der Waals surface area contributed by atoms with Gasteiger partial charge in [0, 0.05) is 0 Å².